The van der Waals surface area contributed by atoms with Crippen molar-refractivity contribution in [2.75, 3.05) is 0 Å². The number of nitrogens with two attached hydrogens (primary N) is 2. The van der Waals surface area contributed by atoms with E-state index < -0.39 is 17.4 Å². The first-order chi connectivity index (χ1) is 7.33. The second kappa shape index (κ2) is 4.22. The molecule has 1 rings (SSSR count). The second-order valence-corrected chi connectivity index (χ2v) is 3.87. The molecular formula is C11H14N2O3. The predicted octanol–water partition coefficient (Wildman–Crippen LogP) is 0.428. The maximum Gasteiger partial charge on any atom is 0.261 e. The van der Waals surface area contributed by atoms with Crippen molar-refractivity contribution in [1.82, 2.24) is 0 Å². The minimum absolute atomic E-state index is 0.379. The molecule has 0 atom stereocenters. The van der Waals surface area contributed by atoms with Gasteiger partial charge in [-0.2, -0.15) is 0 Å². The van der Waals surface area contributed by atoms with E-state index in [9.17, 15) is 9.59 Å². The van der Waals surface area contributed by atoms with Gasteiger partial charge in [0.05, 0.1) is 0 Å². The van der Waals surface area contributed by atoms with Crippen LogP contribution in [0.4, 0.5) is 0 Å². The first-order valence-electron chi connectivity index (χ1n) is 4.72. The van der Waals surface area contributed by atoms with Crippen molar-refractivity contribution < 1.29 is 14.3 Å². The zero-order valence-electron chi connectivity index (χ0n) is 9.19. The maximum atomic E-state index is 11.0. The Kier molecular flexibility index (Phi) is 3.17. The van der Waals surface area contributed by atoms with Crippen molar-refractivity contribution in [3.63, 3.8) is 0 Å². The number of carbonyl (C=O) groups is 2. The van der Waals surface area contributed by atoms with Gasteiger partial charge in [-0.1, -0.05) is 0 Å². The third kappa shape index (κ3) is 2.73. The Morgan fingerprint density at radius 3 is 2.00 bits per heavy atom. The summed E-state index contributed by atoms with van der Waals surface area (Å²) in [6.07, 6.45) is 0. The van der Waals surface area contributed by atoms with Gasteiger partial charge in [0.25, 0.3) is 5.91 Å². The van der Waals surface area contributed by atoms with E-state index in [1.165, 1.54) is 12.1 Å². The lowest BCUT2D eigenvalue weighted by Gasteiger charge is -2.22. The van der Waals surface area contributed by atoms with Crippen LogP contribution in [0.2, 0.25) is 0 Å². The van der Waals surface area contributed by atoms with Crippen molar-refractivity contribution >= 4 is 11.8 Å². The van der Waals surface area contributed by atoms with Crippen molar-refractivity contribution in [2.24, 2.45) is 11.5 Å². The zero-order valence-corrected chi connectivity index (χ0v) is 9.19. The number of amides is 2. The molecule has 1 aromatic rings. The summed E-state index contributed by atoms with van der Waals surface area (Å²) in [5.74, 6) is -0.624. The molecule has 5 heteroatoms. The van der Waals surface area contributed by atoms with Crippen LogP contribution in [0.3, 0.4) is 0 Å². The Morgan fingerprint density at radius 1 is 1.12 bits per heavy atom. The monoisotopic (exact) mass is 222 g/mol. The lowest BCUT2D eigenvalue weighted by molar-refractivity contribution is -0.130. The van der Waals surface area contributed by atoms with Crippen LogP contribution in [0.25, 0.3) is 0 Å². The van der Waals surface area contributed by atoms with Gasteiger partial charge in [0.1, 0.15) is 5.75 Å². The van der Waals surface area contributed by atoms with Crippen LogP contribution in [0, 0.1) is 0 Å². The van der Waals surface area contributed by atoms with Crippen molar-refractivity contribution in [3.8, 4) is 5.75 Å². The van der Waals surface area contributed by atoms with Gasteiger partial charge in [0, 0.05) is 5.56 Å². The molecule has 5 nitrogen and oxygen atoms in total. The molecular weight excluding hydrogens is 208 g/mol. The van der Waals surface area contributed by atoms with Gasteiger partial charge < -0.3 is 16.2 Å². The Balaban J connectivity index is 2.84. The quantitative estimate of drug-likeness (QED) is 0.773. The summed E-state index contributed by atoms with van der Waals surface area (Å²) < 4.78 is 5.37. The molecule has 4 N–H and O–H groups in total. The van der Waals surface area contributed by atoms with E-state index in [1.807, 2.05) is 0 Å². The number of hydrogen-bond acceptors (Lipinski definition) is 3. The first-order valence-corrected chi connectivity index (χ1v) is 4.72. The van der Waals surface area contributed by atoms with E-state index in [2.05, 4.69) is 0 Å². The molecule has 16 heavy (non-hydrogen) atoms. The highest BCUT2D eigenvalue weighted by atomic mass is 16.5. The fourth-order valence-electron chi connectivity index (χ4n) is 1.03. The summed E-state index contributed by atoms with van der Waals surface area (Å²) >= 11 is 0. The first kappa shape index (κ1) is 12.0. The van der Waals surface area contributed by atoms with Crippen LogP contribution in [-0.4, -0.2) is 17.4 Å². The predicted molar refractivity (Wildman–Crippen MR) is 58.9 cm³/mol. The van der Waals surface area contributed by atoms with Crippen molar-refractivity contribution in [2.45, 2.75) is 19.4 Å². The number of primary amides is 2. The Morgan fingerprint density at radius 2 is 1.62 bits per heavy atom. The summed E-state index contributed by atoms with van der Waals surface area (Å²) in [6.45, 7) is 3.13. The van der Waals surface area contributed by atoms with E-state index in [-0.39, 0.29) is 0 Å². The van der Waals surface area contributed by atoms with Crippen LogP contribution in [0.15, 0.2) is 24.3 Å². The van der Waals surface area contributed by atoms with Gasteiger partial charge >= 0.3 is 0 Å². The minimum Gasteiger partial charge on any atom is -0.478 e. The molecule has 0 unspecified atom stereocenters. The highest BCUT2D eigenvalue weighted by Gasteiger charge is 2.26. The number of benzene rings is 1. The average Bonchev–Trinajstić information content (AvgIpc) is 2.17. The minimum atomic E-state index is -1.09. The van der Waals surface area contributed by atoms with E-state index >= 15 is 0 Å². The van der Waals surface area contributed by atoms with Crippen LogP contribution in [0.1, 0.15) is 24.2 Å². The highest BCUT2D eigenvalue weighted by Crippen LogP contribution is 2.18. The lowest BCUT2D eigenvalue weighted by Crippen LogP contribution is -2.43. The molecule has 0 aliphatic rings. The summed E-state index contributed by atoms with van der Waals surface area (Å²) in [4.78, 5) is 21.8. The van der Waals surface area contributed by atoms with Gasteiger partial charge in [-0.3, -0.25) is 9.59 Å². The second-order valence-electron chi connectivity index (χ2n) is 3.87. The molecule has 0 fully saturated rings. The van der Waals surface area contributed by atoms with E-state index in [0.717, 1.165) is 0 Å². The molecule has 0 bridgehead atoms. The van der Waals surface area contributed by atoms with Gasteiger partial charge in [-0.15, -0.1) is 0 Å². The normalized spacial score (nSPS) is 10.9. The molecule has 86 valence electrons. The largest absolute Gasteiger partial charge is 0.478 e. The lowest BCUT2D eigenvalue weighted by atomic mass is 10.1. The van der Waals surface area contributed by atoms with Crippen molar-refractivity contribution in [3.05, 3.63) is 29.8 Å². The average molecular weight is 222 g/mol. The topological polar surface area (TPSA) is 95.4 Å². The molecule has 0 aromatic heterocycles. The maximum absolute atomic E-state index is 11.0. The summed E-state index contributed by atoms with van der Waals surface area (Å²) in [6, 6.07) is 6.17. The SMILES string of the molecule is CC(C)(Oc1ccc(C(N)=O)cc1)C(N)=O. The number of rotatable bonds is 4. The van der Waals surface area contributed by atoms with Gasteiger partial charge in [0.2, 0.25) is 5.91 Å². The fraction of sp³-hybridized carbons (Fsp3) is 0.273. The Bertz CT molecular complexity index is 410. The molecule has 0 radical (unpaired) electrons. The van der Waals surface area contributed by atoms with Crippen molar-refractivity contribution in [1.29, 1.82) is 0 Å². The van der Waals surface area contributed by atoms with E-state index in [1.54, 1.807) is 26.0 Å². The number of hydrogen-bond donors (Lipinski definition) is 2. The number of carbonyl (C=O) groups excluding carboxylic acids is 2. The molecule has 1 aromatic carbocycles. The molecule has 0 aliphatic carbocycles. The Labute approximate surface area is 93.4 Å². The standard InChI is InChI=1S/C11H14N2O3/c1-11(2,10(13)15)16-8-5-3-7(4-6-8)9(12)14/h3-6H,1-2H3,(H2,12,14)(H2,13,15). The molecule has 0 saturated carbocycles. The highest BCUT2D eigenvalue weighted by molar-refractivity contribution is 5.92. The number of ether oxygens (including phenoxy) is 1. The molecule has 0 spiro atoms. The molecule has 0 heterocycles. The fourth-order valence-corrected chi connectivity index (χ4v) is 1.03. The summed E-state index contributed by atoms with van der Waals surface area (Å²) in [5, 5.41) is 0. The summed E-state index contributed by atoms with van der Waals surface area (Å²) in [5.41, 5.74) is 9.53. The van der Waals surface area contributed by atoms with E-state index in [4.69, 9.17) is 16.2 Å². The summed E-state index contributed by atoms with van der Waals surface area (Å²) in [7, 11) is 0. The Hall–Kier alpha value is -2.04. The molecule has 0 aliphatic heterocycles. The third-order valence-electron chi connectivity index (χ3n) is 2.11. The van der Waals surface area contributed by atoms with Crippen LogP contribution >= 0.6 is 0 Å². The zero-order chi connectivity index (χ0) is 12.3. The third-order valence-corrected chi connectivity index (χ3v) is 2.11. The molecule has 0 saturated heterocycles. The van der Waals surface area contributed by atoms with Crippen LogP contribution in [-0.2, 0) is 4.79 Å². The van der Waals surface area contributed by atoms with Crippen LogP contribution < -0.4 is 16.2 Å². The smallest absolute Gasteiger partial charge is 0.261 e. The van der Waals surface area contributed by atoms with Gasteiger partial charge in [-0.05, 0) is 38.1 Å². The van der Waals surface area contributed by atoms with Crippen LogP contribution in [0.5, 0.6) is 5.75 Å². The molecule has 2 amide bonds. The van der Waals surface area contributed by atoms with Gasteiger partial charge in [-0.25, -0.2) is 0 Å². The van der Waals surface area contributed by atoms with E-state index in [0.29, 0.717) is 11.3 Å². The van der Waals surface area contributed by atoms with Gasteiger partial charge in [0.15, 0.2) is 5.60 Å².